The van der Waals surface area contributed by atoms with E-state index in [-0.39, 0.29) is 5.82 Å². The number of benzene rings is 2. The monoisotopic (exact) mass is 382 g/mol. The number of nitrogens with zero attached hydrogens (tertiary/aromatic N) is 1. The van der Waals surface area contributed by atoms with Gasteiger partial charge in [-0.05, 0) is 29.2 Å². The van der Waals surface area contributed by atoms with E-state index >= 15 is 0 Å². The molecule has 1 aromatic heterocycles. The first kappa shape index (κ1) is 19.6. The third-order valence-electron chi connectivity index (χ3n) is 4.69. The first-order valence-corrected chi connectivity index (χ1v) is 9.03. The van der Waals surface area contributed by atoms with E-state index in [0.29, 0.717) is 12.1 Å². The summed E-state index contributed by atoms with van der Waals surface area (Å²) >= 11 is 0. The van der Waals surface area contributed by atoms with Gasteiger partial charge in [-0.2, -0.15) is 0 Å². The van der Waals surface area contributed by atoms with Crippen LogP contribution in [0.2, 0.25) is 0 Å². The zero-order chi connectivity index (χ0) is 20.5. The first-order chi connectivity index (χ1) is 13.2. The molecule has 0 unspecified atom stereocenters. The zero-order valence-corrected chi connectivity index (χ0v) is 16.1. The van der Waals surface area contributed by atoms with Crippen LogP contribution in [-0.2, 0) is 11.3 Å². The fourth-order valence-corrected chi connectivity index (χ4v) is 3.20. The van der Waals surface area contributed by atoms with Crippen molar-refractivity contribution >= 4 is 22.8 Å². The highest BCUT2D eigenvalue weighted by Crippen LogP contribution is 2.24. The Balaban J connectivity index is 1.96. The lowest BCUT2D eigenvalue weighted by Crippen LogP contribution is -2.49. The number of carbonyl (C=O) groups excluding carboxylic acids is 1. The van der Waals surface area contributed by atoms with E-state index in [1.807, 2.05) is 28.8 Å². The molecule has 0 radical (unpaired) electrons. The summed E-state index contributed by atoms with van der Waals surface area (Å²) in [5.41, 5.74) is 1.52. The molecule has 5 nitrogen and oxygen atoms in total. The van der Waals surface area contributed by atoms with Gasteiger partial charge in [-0.15, -0.1) is 0 Å². The Morgan fingerprint density at radius 1 is 1.11 bits per heavy atom. The highest BCUT2D eigenvalue weighted by Gasteiger charge is 2.33. The van der Waals surface area contributed by atoms with Crippen LogP contribution in [0.25, 0.3) is 10.9 Å². The normalized spacial score (nSPS) is 12.7. The second kappa shape index (κ2) is 7.46. The molecule has 3 aromatic rings. The van der Waals surface area contributed by atoms with Crippen molar-refractivity contribution in [3.63, 3.8) is 0 Å². The smallest absolute Gasteiger partial charge is 0.326 e. The first-order valence-electron chi connectivity index (χ1n) is 9.03. The Kier molecular flexibility index (Phi) is 5.23. The summed E-state index contributed by atoms with van der Waals surface area (Å²) in [5.74, 6) is -1.81. The van der Waals surface area contributed by atoms with Crippen molar-refractivity contribution < 1.29 is 19.1 Å². The summed E-state index contributed by atoms with van der Waals surface area (Å²) in [6, 6.07) is 12.6. The molecule has 0 aliphatic carbocycles. The van der Waals surface area contributed by atoms with Crippen LogP contribution >= 0.6 is 0 Å². The number of halogens is 1. The summed E-state index contributed by atoms with van der Waals surface area (Å²) in [6.45, 7) is 5.77. The average molecular weight is 382 g/mol. The molecule has 28 heavy (non-hydrogen) atoms. The van der Waals surface area contributed by atoms with Gasteiger partial charge in [0.05, 0.1) is 5.56 Å². The summed E-state index contributed by atoms with van der Waals surface area (Å²) < 4.78 is 15.1. The standard InChI is InChI=1S/C22H23FN2O3/c1-22(2,3)19(21(27)28)24-20(26)17-13-25(18-7-5-4-6-16(17)18)12-14-8-10-15(23)11-9-14/h4-11,13,19H,12H2,1-3H3,(H,24,26)(H,27,28)/t19-/m1/s1. The van der Waals surface area contributed by atoms with Crippen molar-refractivity contribution in [2.45, 2.75) is 33.4 Å². The van der Waals surface area contributed by atoms with Crippen LogP contribution in [0.3, 0.4) is 0 Å². The van der Waals surface area contributed by atoms with Crippen LogP contribution in [0.4, 0.5) is 4.39 Å². The third-order valence-corrected chi connectivity index (χ3v) is 4.69. The number of carbonyl (C=O) groups is 2. The van der Waals surface area contributed by atoms with E-state index in [1.165, 1.54) is 12.1 Å². The molecule has 0 spiro atoms. The minimum absolute atomic E-state index is 0.303. The van der Waals surface area contributed by atoms with Gasteiger partial charge in [0.1, 0.15) is 11.9 Å². The van der Waals surface area contributed by atoms with Crippen LogP contribution in [0.5, 0.6) is 0 Å². The number of aliphatic carboxylic acids is 1. The summed E-state index contributed by atoms with van der Waals surface area (Å²) in [7, 11) is 0. The van der Waals surface area contributed by atoms with Gasteiger partial charge in [-0.25, -0.2) is 9.18 Å². The van der Waals surface area contributed by atoms with Gasteiger partial charge in [-0.3, -0.25) is 4.79 Å². The van der Waals surface area contributed by atoms with E-state index in [0.717, 1.165) is 16.5 Å². The topological polar surface area (TPSA) is 71.3 Å². The van der Waals surface area contributed by atoms with Gasteiger partial charge in [0.25, 0.3) is 5.91 Å². The molecule has 2 aromatic carbocycles. The Morgan fingerprint density at radius 2 is 1.75 bits per heavy atom. The molecule has 1 atom stereocenters. The van der Waals surface area contributed by atoms with Crippen LogP contribution in [-0.4, -0.2) is 27.6 Å². The molecule has 146 valence electrons. The molecule has 1 amide bonds. The zero-order valence-electron chi connectivity index (χ0n) is 16.1. The van der Waals surface area contributed by atoms with Crippen molar-refractivity contribution in [2.75, 3.05) is 0 Å². The molecule has 0 bridgehead atoms. The van der Waals surface area contributed by atoms with Crippen molar-refractivity contribution in [2.24, 2.45) is 5.41 Å². The second-order valence-electron chi connectivity index (χ2n) is 7.93. The number of hydrogen-bond donors (Lipinski definition) is 2. The van der Waals surface area contributed by atoms with Crippen molar-refractivity contribution in [3.05, 3.63) is 71.7 Å². The minimum atomic E-state index is -1.07. The average Bonchev–Trinajstić information content (AvgIpc) is 2.99. The molecule has 0 aliphatic rings. The van der Waals surface area contributed by atoms with Gasteiger partial charge in [-0.1, -0.05) is 51.1 Å². The van der Waals surface area contributed by atoms with Crippen molar-refractivity contribution in [1.82, 2.24) is 9.88 Å². The quantitative estimate of drug-likeness (QED) is 0.699. The van der Waals surface area contributed by atoms with E-state index in [1.54, 1.807) is 39.1 Å². The molecular formula is C22H23FN2O3. The van der Waals surface area contributed by atoms with Crippen molar-refractivity contribution in [3.8, 4) is 0 Å². The number of fused-ring (bicyclic) bond motifs is 1. The Labute approximate surface area is 162 Å². The SMILES string of the molecule is CC(C)(C)[C@H](NC(=O)c1cn(Cc2ccc(F)cc2)c2ccccc12)C(=O)O. The number of carboxylic acids is 1. The largest absolute Gasteiger partial charge is 0.480 e. The number of carboxylic acid groups (broad SMARTS) is 1. The Bertz CT molecular complexity index is 1020. The Morgan fingerprint density at radius 3 is 2.36 bits per heavy atom. The highest BCUT2D eigenvalue weighted by atomic mass is 19.1. The summed E-state index contributed by atoms with van der Waals surface area (Å²) in [5, 5.41) is 12.9. The van der Waals surface area contributed by atoms with Gasteiger partial charge >= 0.3 is 5.97 Å². The summed E-state index contributed by atoms with van der Waals surface area (Å²) in [6.07, 6.45) is 1.71. The molecule has 3 rings (SSSR count). The highest BCUT2D eigenvalue weighted by molar-refractivity contribution is 6.08. The van der Waals surface area contributed by atoms with Gasteiger partial charge in [0, 0.05) is 23.6 Å². The fraction of sp³-hybridized carbons (Fsp3) is 0.273. The van der Waals surface area contributed by atoms with E-state index < -0.39 is 23.3 Å². The fourth-order valence-electron chi connectivity index (χ4n) is 3.20. The maximum absolute atomic E-state index is 13.2. The van der Waals surface area contributed by atoms with Crippen LogP contribution in [0.1, 0.15) is 36.7 Å². The van der Waals surface area contributed by atoms with Crippen molar-refractivity contribution in [1.29, 1.82) is 0 Å². The van der Waals surface area contributed by atoms with E-state index in [2.05, 4.69) is 5.32 Å². The molecule has 0 aliphatic heterocycles. The van der Waals surface area contributed by atoms with E-state index in [9.17, 15) is 19.1 Å². The molecule has 0 saturated heterocycles. The van der Waals surface area contributed by atoms with E-state index in [4.69, 9.17) is 0 Å². The molecule has 2 N–H and O–H groups in total. The van der Waals surface area contributed by atoms with Crippen LogP contribution < -0.4 is 5.32 Å². The number of hydrogen-bond acceptors (Lipinski definition) is 2. The number of para-hydroxylation sites is 1. The molecule has 0 saturated carbocycles. The van der Waals surface area contributed by atoms with Crippen LogP contribution in [0.15, 0.2) is 54.7 Å². The molecule has 1 heterocycles. The number of rotatable bonds is 5. The lowest BCUT2D eigenvalue weighted by Gasteiger charge is -2.27. The minimum Gasteiger partial charge on any atom is -0.480 e. The maximum Gasteiger partial charge on any atom is 0.326 e. The third kappa shape index (κ3) is 4.06. The number of aromatic nitrogens is 1. The number of nitrogens with one attached hydrogen (secondary N) is 1. The van der Waals surface area contributed by atoms with Crippen LogP contribution in [0, 0.1) is 11.2 Å². The predicted octanol–water partition coefficient (Wildman–Crippen LogP) is 4.06. The lowest BCUT2D eigenvalue weighted by molar-refractivity contribution is -0.142. The molecule has 0 fully saturated rings. The summed E-state index contributed by atoms with van der Waals surface area (Å²) in [4.78, 5) is 24.5. The maximum atomic E-state index is 13.2. The molecule has 6 heteroatoms. The second-order valence-corrected chi connectivity index (χ2v) is 7.93. The number of amides is 1. The lowest BCUT2D eigenvalue weighted by atomic mass is 9.86. The van der Waals surface area contributed by atoms with Gasteiger partial charge in [0.15, 0.2) is 0 Å². The van der Waals surface area contributed by atoms with Gasteiger partial charge in [0.2, 0.25) is 0 Å². The predicted molar refractivity (Wildman–Crippen MR) is 106 cm³/mol. The Hall–Kier alpha value is -3.15. The van der Waals surface area contributed by atoms with Gasteiger partial charge < -0.3 is 15.0 Å². The molecular weight excluding hydrogens is 359 g/mol.